The van der Waals surface area contributed by atoms with E-state index in [-0.39, 0.29) is 11.7 Å². The van der Waals surface area contributed by atoms with E-state index in [0.29, 0.717) is 32.3 Å². The van der Waals surface area contributed by atoms with Crippen LogP contribution in [0, 0.1) is 5.82 Å². The molecular weight excluding hydrogens is 326 g/mol. The summed E-state index contributed by atoms with van der Waals surface area (Å²) >= 11 is 11.9. The summed E-state index contributed by atoms with van der Waals surface area (Å²) in [5, 5.41) is 3.92. The van der Waals surface area contributed by atoms with Gasteiger partial charge in [-0.15, -0.1) is 0 Å². The van der Waals surface area contributed by atoms with E-state index in [1.165, 1.54) is 12.1 Å². The Labute approximate surface area is 136 Å². The van der Waals surface area contributed by atoms with Crippen molar-refractivity contribution in [1.82, 2.24) is 4.57 Å². The van der Waals surface area contributed by atoms with E-state index in [0.717, 1.165) is 0 Å². The molecule has 0 saturated carbocycles. The van der Waals surface area contributed by atoms with Crippen molar-refractivity contribution in [2.45, 2.75) is 0 Å². The van der Waals surface area contributed by atoms with Crippen molar-refractivity contribution in [1.29, 1.82) is 0 Å². The van der Waals surface area contributed by atoms with Crippen molar-refractivity contribution in [3.63, 3.8) is 0 Å². The molecule has 22 heavy (non-hydrogen) atoms. The number of rotatable bonds is 2. The Morgan fingerprint density at radius 3 is 2.68 bits per heavy atom. The number of fused-ring (bicyclic) bond motifs is 1. The Hall–Kier alpha value is -2.04. The molecular formula is C16H11Cl2FN2O. The second-order valence-electron chi connectivity index (χ2n) is 4.84. The monoisotopic (exact) mass is 336 g/mol. The van der Waals surface area contributed by atoms with Gasteiger partial charge >= 0.3 is 0 Å². The fraction of sp³-hybridized carbons (Fsp3) is 0.0625. The molecule has 112 valence electrons. The predicted molar refractivity (Wildman–Crippen MR) is 87.3 cm³/mol. The quantitative estimate of drug-likeness (QED) is 0.711. The first kappa shape index (κ1) is 14.9. The van der Waals surface area contributed by atoms with E-state index in [1.54, 1.807) is 41.9 Å². The summed E-state index contributed by atoms with van der Waals surface area (Å²) in [6.07, 6.45) is 0. The van der Waals surface area contributed by atoms with Gasteiger partial charge in [-0.3, -0.25) is 4.79 Å². The van der Waals surface area contributed by atoms with Crippen LogP contribution in [0.5, 0.6) is 0 Å². The predicted octanol–water partition coefficient (Wildman–Crippen LogP) is 4.88. The molecule has 0 radical (unpaired) electrons. The molecule has 3 aromatic rings. The summed E-state index contributed by atoms with van der Waals surface area (Å²) in [6.45, 7) is 0. The fourth-order valence-corrected chi connectivity index (χ4v) is 2.66. The maximum Gasteiger partial charge on any atom is 0.272 e. The van der Waals surface area contributed by atoms with E-state index in [2.05, 4.69) is 5.32 Å². The molecule has 6 heteroatoms. The lowest BCUT2D eigenvalue weighted by molar-refractivity contribution is 0.102. The van der Waals surface area contributed by atoms with Crippen LogP contribution in [-0.2, 0) is 7.05 Å². The molecule has 0 atom stereocenters. The highest BCUT2D eigenvalue weighted by Gasteiger charge is 2.16. The molecule has 0 bridgehead atoms. The third-order valence-electron chi connectivity index (χ3n) is 3.44. The zero-order valence-electron chi connectivity index (χ0n) is 11.5. The fourth-order valence-electron chi connectivity index (χ4n) is 2.32. The molecule has 3 nitrogen and oxygen atoms in total. The van der Waals surface area contributed by atoms with Gasteiger partial charge in [0.05, 0.1) is 16.2 Å². The molecule has 0 aliphatic carbocycles. The maximum atomic E-state index is 13.8. The summed E-state index contributed by atoms with van der Waals surface area (Å²) < 4.78 is 15.4. The Morgan fingerprint density at radius 1 is 1.18 bits per heavy atom. The number of anilines is 1. The average Bonchev–Trinajstić information content (AvgIpc) is 2.82. The van der Waals surface area contributed by atoms with Gasteiger partial charge in [0.25, 0.3) is 5.91 Å². The average molecular weight is 337 g/mol. The lowest BCUT2D eigenvalue weighted by Gasteiger charge is -2.08. The van der Waals surface area contributed by atoms with Crippen molar-refractivity contribution in [2.75, 3.05) is 5.32 Å². The molecule has 1 aromatic heterocycles. The Morgan fingerprint density at radius 2 is 1.95 bits per heavy atom. The van der Waals surface area contributed by atoms with Gasteiger partial charge in [0.1, 0.15) is 11.5 Å². The number of carbonyl (C=O) groups excluding carboxylic acids is 1. The molecule has 0 fully saturated rings. The highest BCUT2D eigenvalue weighted by Crippen LogP contribution is 2.27. The third-order valence-corrected chi connectivity index (χ3v) is 4.01. The third kappa shape index (κ3) is 2.56. The minimum Gasteiger partial charge on any atom is -0.340 e. The van der Waals surface area contributed by atoms with Crippen LogP contribution < -0.4 is 5.32 Å². The number of amides is 1. The lowest BCUT2D eigenvalue weighted by atomic mass is 10.2. The highest BCUT2D eigenvalue weighted by atomic mass is 35.5. The second-order valence-corrected chi connectivity index (χ2v) is 5.68. The van der Waals surface area contributed by atoms with Gasteiger partial charge in [0, 0.05) is 17.5 Å². The number of nitrogens with one attached hydrogen (secondary N) is 1. The van der Waals surface area contributed by atoms with E-state index in [9.17, 15) is 9.18 Å². The topological polar surface area (TPSA) is 34.0 Å². The molecule has 2 aromatic carbocycles. The van der Waals surface area contributed by atoms with Gasteiger partial charge in [-0.25, -0.2) is 4.39 Å². The Kier molecular flexibility index (Phi) is 3.81. The summed E-state index contributed by atoms with van der Waals surface area (Å²) in [6, 6.07) is 11.0. The lowest BCUT2D eigenvalue weighted by Crippen LogP contribution is -2.15. The second kappa shape index (κ2) is 5.63. The first-order valence-electron chi connectivity index (χ1n) is 6.47. The largest absolute Gasteiger partial charge is 0.340 e. The summed E-state index contributed by atoms with van der Waals surface area (Å²) in [5.74, 6) is -0.754. The number of nitrogens with zero attached hydrogens (tertiary/aromatic N) is 1. The van der Waals surface area contributed by atoms with Crippen molar-refractivity contribution < 1.29 is 9.18 Å². The summed E-state index contributed by atoms with van der Waals surface area (Å²) in [4.78, 5) is 12.4. The molecule has 1 amide bonds. The SMILES string of the molecule is Cn1c(C(=O)Nc2cc(Cl)ccc2Cl)cc2c(F)cccc21. The smallest absolute Gasteiger partial charge is 0.272 e. The van der Waals surface area contributed by atoms with Crippen LogP contribution in [0.25, 0.3) is 10.9 Å². The number of hydrogen-bond acceptors (Lipinski definition) is 1. The zero-order chi connectivity index (χ0) is 15.9. The van der Waals surface area contributed by atoms with Crippen molar-refractivity contribution in [3.8, 4) is 0 Å². The molecule has 0 unspecified atom stereocenters. The van der Waals surface area contributed by atoms with Gasteiger partial charge in [-0.2, -0.15) is 0 Å². The van der Waals surface area contributed by atoms with E-state index >= 15 is 0 Å². The normalized spacial score (nSPS) is 10.9. The van der Waals surface area contributed by atoms with E-state index < -0.39 is 0 Å². The van der Waals surface area contributed by atoms with Crippen LogP contribution in [0.3, 0.4) is 0 Å². The number of carbonyl (C=O) groups is 1. The standard InChI is InChI=1S/C16H11Cl2FN2O/c1-21-14-4-2-3-12(19)10(14)8-15(21)16(22)20-13-7-9(17)5-6-11(13)18/h2-8H,1H3,(H,20,22). The minimum absolute atomic E-state index is 0.330. The van der Waals surface area contributed by atoms with Gasteiger partial charge in [0.15, 0.2) is 0 Å². The molecule has 1 heterocycles. The number of benzene rings is 2. The highest BCUT2D eigenvalue weighted by molar-refractivity contribution is 6.35. The van der Waals surface area contributed by atoms with Crippen LogP contribution in [-0.4, -0.2) is 10.5 Å². The Balaban J connectivity index is 2.01. The van der Waals surface area contributed by atoms with Gasteiger partial charge in [0.2, 0.25) is 0 Å². The molecule has 0 aliphatic heterocycles. The van der Waals surface area contributed by atoms with Crippen molar-refractivity contribution in [3.05, 3.63) is 64.0 Å². The van der Waals surface area contributed by atoms with Gasteiger partial charge in [-0.05, 0) is 36.4 Å². The maximum absolute atomic E-state index is 13.8. The van der Waals surface area contributed by atoms with Crippen molar-refractivity contribution >= 4 is 45.7 Å². The van der Waals surface area contributed by atoms with Crippen LogP contribution >= 0.6 is 23.2 Å². The van der Waals surface area contributed by atoms with Crippen LogP contribution in [0.15, 0.2) is 42.5 Å². The van der Waals surface area contributed by atoms with Gasteiger partial charge in [-0.1, -0.05) is 29.3 Å². The molecule has 1 N–H and O–H groups in total. The number of aryl methyl sites for hydroxylation is 1. The number of halogens is 3. The van der Waals surface area contributed by atoms with E-state index in [4.69, 9.17) is 23.2 Å². The Bertz CT molecular complexity index is 889. The van der Waals surface area contributed by atoms with Crippen LogP contribution in [0.2, 0.25) is 10.0 Å². The van der Waals surface area contributed by atoms with Crippen LogP contribution in [0.4, 0.5) is 10.1 Å². The molecule has 0 spiro atoms. The summed E-state index contributed by atoms with van der Waals surface area (Å²) in [5.41, 5.74) is 1.38. The first-order chi connectivity index (χ1) is 10.5. The van der Waals surface area contributed by atoms with Crippen molar-refractivity contribution in [2.24, 2.45) is 7.05 Å². The molecule has 3 rings (SSSR count). The molecule has 0 saturated heterocycles. The minimum atomic E-state index is -0.387. The number of hydrogen-bond donors (Lipinski definition) is 1. The van der Waals surface area contributed by atoms with Crippen LogP contribution in [0.1, 0.15) is 10.5 Å². The number of aromatic nitrogens is 1. The summed E-state index contributed by atoms with van der Waals surface area (Å²) in [7, 11) is 1.70. The first-order valence-corrected chi connectivity index (χ1v) is 7.23. The zero-order valence-corrected chi connectivity index (χ0v) is 13.0. The molecule has 0 aliphatic rings. The van der Waals surface area contributed by atoms with Gasteiger partial charge < -0.3 is 9.88 Å². The van der Waals surface area contributed by atoms with E-state index in [1.807, 2.05) is 0 Å².